The molecule has 94 valence electrons. The van der Waals surface area contributed by atoms with E-state index in [-0.39, 0.29) is 5.91 Å². The first-order valence-corrected chi connectivity index (χ1v) is 6.05. The highest BCUT2D eigenvalue weighted by atomic mass is 16.1. The van der Waals surface area contributed by atoms with Crippen molar-refractivity contribution >= 4 is 11.6 Å². The second-order valence-corrected chi connectivity index (χ2v) is 4.62. The molecule has 0 aliphatic heterocycles. The van der Waals surface area contributed by atoms with Crippen LogP contribution in [0.15, 0.2) is 36.4 Å². The van der Waals surface area contributed by atoms with E-state index in [1.165, 1.54) is 0 Å². The molecule has 1 aromatic carbocycles. The van der Waals surface area contributed by atoms with Crippen LogP contribution >= 0.6 is 0 Å². The SMILES string of the molecule is Cc1cccc(NC(=O)Cn2c(C)ccc2C)c1. The summed E-state index contributed by atoms with van der Waals surface area (Å²) < 4.78 is 2.01. The van der Waals surface area contributed by atoms with Gasteiger partial charge in [-0.25, -0.2) is 0 Å². The van der Waals surface area contributed by atoms with Crippen LogP contribution in [0.3, 0.4) is 0 Å². The van der Waals surface area contributed by atoms with E-state index in [4.69, 9.17) is 0 Å². The first-order valence-electron chi connectivity index (χ1n) is 6.05. The van der Waals surface area contributed by atoms with E-state index in [1.54, 1.807) is 0 Å². The molecule has 0 aliphatic rings. The second kappa shape index (κ2) is 5.08. The minimum absolute atomic E-state index is 0.00278. The van der Waals surface area contributed by atoms with Gasteiger partial charge in [0, 0.05) is 17.1 Å². The van der Waals surface area contributed by atoms with Crippen LogP contribution < -0.4 is 5.32 Å². The second-order valence-electron chi connectivity index (χ2n) is 4.62. The van der Waals surface area contributed by atoms with E-state index in [2.05, 4.69) is 5.32 Å². The van der Waals surface area contributed by atoms with Gasteiger partial charge in [0.05, 0.1) is 0 Å². The van der Waals surface area contributed by atoms with Crippen molar-refractivity contribution in [1.29, 1.82) is 0 Å². The molecule has 0 saturated heterocycles. The Bertz CT molecular complexity index is 550. The maximum absolute atomic E-state index is 12.0. The molecule has 2 rings (SSSR count). The molecular weight excluding hydrogens is 224 g/mol. The molecule has 1 aromatic heterocycles. The fraction of sp³-hybridized carbons (Fsp3) is 0.267. The third kappa shape index (κ3) is 2.80. The number of benzene rings is 1. The van der Waals surface area contributed by atoms with Crippen molar-refractivity contribution in [2.75, 3.05) is 5.32 Å². The average Bonchev–Trinajstić information content (AvgIpc) is 2.61. The van der Waals surface area contributed by atoms with Crippen LogP contribution in [0.25, 0.3) is 0 Å². The van der Waals surface area contributed by atoms with Crippen LogP contribution in [0.5, 0.6) is 0 Å². The molecule has 18 heavy (non-hydrogen) atoms. The number of carbonyl (C=O) groups excluding carboxylic acids is 1. The highest BCUT2D eigenvalue weighted by Crippen LogP contribution is 2.11. The Hall–Kier alpha value is -2.03. The molecular formula is C15H18N2O. The Morgan fingerprint density at radius 1 is 1.11 bits per heavy atom. The maximum Gasteiger partial charge on any atom is 0.244 e. The molecule has 0 spiro atoms. The van der Waals surface area contributed by atoms with Gasteiger partial charge in [-0.05, 0) is 50.6 Å². The van der Waals surface area contributed by atoms with E-state index < -0.39 is 0 Å². The Morgan fingerprint density at radius 2 is 1.78 bits per heavy atom. The Balaban J connectivity index is 2.06. The van der Waals surface area contributed by atoms with Gasteiger partial charge in [-0.1, -0.05) is 12.1 Å². The number of aryl methyl sites for hydroxylation is 3. The lowest BCUT2D eigenvalue weighted by molar-refractivity contribution is -0.116. The molecule has 0 fully saturated rings. The predicted octanol–water partition coefficient (Wildman–Crippen LogP) is 3.05. The maximum atomic E-state index is 12.0. The van der Waals surface area contributed by atoms with Crippen molar-refractivity contribution in [3.05, 3.63) is 53.3 Å². The molecule has 0 saturated carbocycles. The number of anilines is 1. The van der Waals surface area contributed by atoms with Gasteiger partial charge < -0.3 is 9.88 Å². The first-order chi connectivity index (χ1) is 8.56. The lowest BCUT2D eigenvalue weighted by Crippen LogP contribution is -2.20. The van der Waals surface area contributed by atoms with E-state index in [9.17, 15) is 4.79 Å². The zero-order valence-corrected chi connectivity index (χ0v) is 11.0. The molecule has 0 unspecified atom stereocenters. The summed E-state index contributed by atoms with van der Waals surface area (Å²) in [5.74, 6) is 0.00278. The monoisotopic (exact) mass is 242 g/mol. The third-order valence-electron chi connectivity index (χ3n) is 3.02. The van der Waals surface area contributed by atoms with Gasteiger partial charge in [-0.3, -0.25) is 4.79 Å². The van der Waals surface area contributed by atoms with Crippen molar-refractivity contribution in [1.82, 2.24) is 4.57 Å². The molecule has 0 atom stereocenters. The summed E-state index contributed by atoms with van der Waals surface area (Å²) in [4.78, 5) is 12.0. The molecule has 1 heterocycles. The van der Waals surface area contributed by atoms with Gasteiger partial charge in [0.15, 0.2) is 0 Å². The highest BCUT2D eigenvalue weighted by Gasteiger charge is 2.07. The van der Waals surface area contributed by atoms with Gasteiger partial charge in [0.25, 0.3) is 0 Å². The standard InChI is InChI=1S/C15H18N2O/c1-11-5-4-6-14(9-11)16-15(18)10-17-12(2)7-8-13(17)3/h4-9H,10H2,1-3H3,(H,16,18). The lowest BCUT2D eigenvalue weighted by atomic mass is 10.2. The van der Waals surface area contributed by atoms with Crippen LogP contribution in [0.2, 0.25) is 0 Å². The summed E-state index contributed by atoms with van der Waals surface area (Å²) in [6.45, 7) is 6.38. The number of nitrogens with zero attached hydrogens (tertiary/aromatic N) is 1. The van der Waals surface area contributed by atoms with Gasteiger partial charge in [-0.2, -0.15) is 0 Å². The van der Waals surface area contributed by atoms with E-state index >= 15 is 0 Å². The smallest absolute Gasteiger partial charge is 0.244 e. The van der Waals surface area contributed by atoms with Gasteiger partial charge in [0.2, 0.25) is 5.91 Å². The Kier molecular flexibility index (Phi) is 3.51. The Morgan fingerprint density at radius 3 is 2.39 bits per heavy atom. The third-order valence-corrected chi connectivity index (χ3v) is 3.02. The summed E-state index contributed by atoms with van der Waals surface area (Å²) in [6, 6.07) is 11.9. The number of amides is 1. The predicted molar refractivity (Wildman–Crippen MR) is 73.7 cm³/mol. The minimum Gasteiger partial charge on any atom is -0.340 e. The fourth-order valence-electron chi connectivity index (χ4n) is 2.02. The molecule has 0 bridgehead atoms. The van der Waals surface area contributed by atoms with Crippen molar-refractivity contribution in [2.45, 2.75) is 27.3 Å². The fourth-order valence-corrected chi connectivity index (χ4v) is 2.02. The quantitative estimate of drug-likeness (QED) is 0.882. The molecule has 0 aliphatic carbocycles. The van der Waals surface area contributed by atoms with Crippen LogP contribution in [-0.2, 0) is 11.3 Å². The molecule has 0 radical (unpaired) electrons. The van der Waals surface area contributed by atoms with Gasteiger partial charge >= 0.3 is 0 Å². The van der Waals surface area contributed by atoms with Crippen LogP contribution in [0.1, 0.15) is 17.0 Å². The first kappa shape index (κ1) is 12.4. The zero-order chi connectivity index (χ0) is 13.1. The number of aromatic nitrogens is 1. The van der Waals surface area contributed by atoms with Crippen molar-refractivity contribution in [3.8, 4) is 0 Å². The molecule has 3 heteroatoms. The summed E-state index contributed by atoms with van der Waals surface area (Å²) in [5.41, 5.74) is 4.20. The van der Waals surface area contributed by atoms with E-state index in [0.29, 0.717) is 6.54 Å². The molecule has 3 nitrogen and oxygen atoms in total. The van der Waals surface area contributed by atoms with Crippen molar-refractivity contribution < 1.29 is 4.79 Å². The zero-order valence-electron chi connectivity index (χ0n) is 11.0. The van der Waals surface area contributed by atoms with Crippen molar-refractivity contribution in [2.24, 2.45) is 0 Å². The number of carbonyl (C=O) groups is 1. The van der Waals surface area contributed by atoms with Crippen LogP contribution in [-0.4, -0.2) is 10.5 Å². The summed E-state index contributed by atoms with van der Waals surface area (Å²) in [7, 11) is 0. The summed E-state index contributed by atoms with van der Waals surface area (Å²) in [5, 5.41) is 2.92. The Labute approximate surface area is 107 Å². The topological polar surface area (TPSA) is 34.0 Å². The van der Waals surface area contributed by atoms with Crippen LogP contribution in [0, 0.1) is 20.8 Å². The number of hydrogen-bond donors (Lipinski definition) is 1. The number of hydrogen-bond acceptors (Lipinski definition) is 1. The molecule has 1 amide bonds. The largest absolute Gasteiger partial charge is 0.340 e. The number of nitrogens with one attached hydrogen (secondary N) is 1. The normalized spacial score (nSPS) is 10.4. The summed E-state index contributed by atoms with van der Waals surface area (Å²) in [6.07, 6.45) is 0. The van der Waals surface area contributed by atoms with Gasteiger partial charge in [-0.15, -0.1) is 0 Å². The lowest BCUT2D eigenvalue weighted by Gasteiger charge is -2.10. The molecule has 2 aromatic rings. The highest BCUT2D eigenvalue weighted by molar-refractivity contribution is 5.90. The average molecular weight is 242 g/mol. The van der Waals surface area contributed by atoms with E-state index in [1.807, 2.05) is 61.7 Å². The van der Waals surface area contributed by atoms with Crippen LogP contribution in [0.4, 0.5) is 5.69 Å². The number of rotatable bonds is 3. The van der Waals surface area contributed by atoms with Gasteiger partial charge in [0.1, 0.15) is 6.54 Å². The minimum atomic E-state index is 0.00278. The molecule has 1 N–H and O–H groups in total. The van der Waals surface area contributed by atoms with Crippen molar-refractivity contribution in [3.63, 3.8) is 0 Å². The summed E-state index contributed by atoms with van der Waals surface area (Å²) >= 11 is 0. The van der Waals surface area contributed by atoms with E-state index in [0.717, 1.165) is 22.6 Å².